The molecule has 110 valence electrons. The Hall–Kier alpha value is -1.38. The molecule has 0 fully saturated rings. The van der Waals surface area contributed by atoms with Crippen LogP contribution in [-0.2, 0) is 12.2 Å². The summed E-state index contributed by atoms with van der Waals surface area (Å²) in [7, 11) is 0. The Bertz CT molecular complexity index is 697. The molecule has 3 rings (SSSR count). The number of carbonyl (C=O) groups is 2. The predicted octanol–water partition coefficient (Wildman–Crippen LogP) is 3.25. The van der Waals surface area contributed by atoms with Gasteiger partial charge in [0.25, 0.3) is 5.91 Å². The van der Waals surface area contributed by atoms with Crippen molar-refractivity contribution in [2.24, 2.45) is 0 Å². The number of nitrogens with zero attached hydrogens (tertiary/aromatic N) is 1. The second-order valence-corrected chi connectivity index (χ2v) is 7.61. The Labute approximate surface area is 133 Å². The van der Waals surface area contributed by atoms with Gasteiger partial charge in [-0.25, -0.2) is 4.79 Å². The van der Waals surface area contributed by atoms with Gasteiger partial charge in [-0.15, -0.1) is 11.3 Å². The minimum atomic E-state index is -1.07. The van der Waals surface area contributed by atoms with Crippen molar-refractivity contribution in [2.75, 3.05) is 11.1 Å². The van der Waals surface area contributed by atoms with Crippen LogP contribution in [0.1, 0.15) is 36.2 Å². The van der Waals surface area contributed by atoms with Crippen molar-refractivity contribution in [3.8, 4) is 0 Å². The number of aromatic carboxylic acids is 1. The van der Waals surface area contributed by atoms with E-state index in [0.29, 0.717) is 15.6 Å². The Balaban J connectivity index is 1.83. The van der Waals surface area contributed by atoms with Crippen molar-refractivity contribution in [3.63, 3.8) is 0 Å². The van der Waals surface area contributed by atoms with Gasteiger partial charge in [0.1, 0.15) is 10.6 Å². The first-order valence-electron chi connectivity index (χ1n) is 6.26. The van der Waals surface area contributed by atoms with E-state index in [1.165, 1.54) is 21.8 Å². The third-order valence-electron chi connectivity index (χ3n) is 3.16. The van der Waals surface area contributed by atoms with Crippen LogP contribution >= 0.6 is 34.6 Å². The molecule has 0 saturated carbocycles. The Morgan fingerprint density at radius 2 is 2.24 bits per heavy atom. The highest BCUT2D eigenvalue weighted by Crippen LogP contribution is 2.32. The third-order valence-corrected chi connectivity index (χ3v) is 6.25. The molecular formula is C13H12N2O3S3. The minimum Gasteiger partial charge on any atom is -0.478 e. The standard InChI is InChI=1S/C13H12N2O3S3/c1-6-10(13(17)18)12(21-15-6)14-11(16)9-4-7-5-19-3-2-8(7)20-9/h4H,2-3,5H2,1H3,(H,14,16)(H,17,18). The number of hydrogen-bond acceptors (Lipinski definition) is 6. The summed E-state index contributed by atoms with van der Waals surface area (Å²) in [5, 5.41) is 12.1. The summed E-state index contributed by atoms with van der Waals surface area (Å²) in [4.78, 5) is 25.4. The number of thiophene rings is 1. The molecule has 1 amide bonds. The van der Waals surface area contributed by atoms with Gasteiger partial charge in [0.2, 0.25) is 0 Å². The van der Waals surface area contributed by atoms with Gasteiger partial charge in [0.15, 0.2) is 0 Å². The van der Waals surface area contributed by atoms with Gasteiger partial charge >= 0.3 is 5.97 Å². The van der Waals surface area contributed by atoms with Gasteiger partial charge in [0, 0.05) is 10.6 Å². The lowest BCUT2D eigenvalue weighted by molar-refractivity contribution is 0.0697. The summed E-state index contributed by atoms with van der Waals surface area (Å²) in [6.07, 6.45) is 0.998. The van der Waals surface area contributed by atoms with E-state index in [2.05, 4.69) is 9.69 Å². The molecular weight excluding hydrogens is 328 g/mol. The lowest BCUT2D eigenvalue weighted by Gasteiger charge is -2.08. The molecule has 5 nitrogen and oxygen atoms in total. The van der Waals surface area contributed by atoms with E-state index in [0.717, 1.165) is 29.5 Å². The Morgan fingerprint density at radius 3 is 2.95 bits per heavy atom. The van der Waals surface area contributed by atoms with Crippen LogP contribution in [0.15, 0.2) is 6.07 Å². The highest BCUT2D eigenvalue weighted by atomic mass is 32.2. The van der Waals surface area contributed by atoms with E-state index >= 15 is 0 Å². The Morgan fingerprint density at radius 1 is 1.43 bits per heavy atom. The van der Waals surface area contributed by atoms with Crippen LogP contribution in [0.4, 0.5) is 5.00 Å². The van der Waals surface area contributed by atoms with Crippen LogP contribution in [-0.4, -0.2) is 27.1 Å². The number of carboxylic acid groups (broad SMARTS) is 1. The van der Waals surface area contributed by atoms with Gasteiger partial charge < -0.3 is 10.4 Å². The number of fused-ring (bicyclic) bond motifs is 1. The zero-order valence-electron chi connectivity index (χ0n) is 11.1. The fourth-order valence-electron chi connectivity index (χ4n) is 2.13. The molecule has 3 heterocycles. The van der Waals surface area contributed by atoms with Crippen LogP contribution in [0.5, 0.6) is 0 Å². The smallest absolute Gasteiger partial charge is 0.340 e. The molecule has 1 aliphatic rings. The van der Waals surface area contributed by atoms with Crippen LogP contribution in [0.25, 0.3) is 0 Å². The van der Waals surface area contributed by atoms with E-state index in [-0.39, 0.29) is 11.5 Å². The number of anilines is 1. The normalized spacial score (nSPS) is 13.8. The number of thioether (sulfide) groups is 1. The SMILES string of the molecule is Cc1nsc(NC(=O)c2cc3c(s2)CCSC3)c1C(=O)O. The van der Waals surface area contributed by atoms with E-state index in [1.807, 2.05) is 17.8 Å². The topological polar surface area (TPSA) is 79.3 Å². The largest absolute Gasteiger partial charge is 0.478 e. The van der Waals surface area contributed by atoms with Crippen molar-refractivity contribution in [2.45, 2.75) is 19.1 Å². The van der Waals surface area contributed by atoms with E-state index in [9.17, 15) is 9.59 Å². The summed E-state index contributed by atoms with van der Waals surface area (Å²) in [5.74, 6) is 0.703. The fraction of sp³-hybridized carbons (Fsp3) is 0.308. The second-order valence-electron chi connectivity index (χ2n) is 4.59. The number of carboxylic acids is 1. The zero-order chi connectivity index (χ0) is 15.0. The number of rotatable bonds is 3. The van der Waals surface area contributed by atoms with E-state index < -0.39 is 5.97 Å². The van der Waals surface area contributed by atoms with Crippen molar-refractivity contribution < 1.29 is 14.7 Å². The lowest BCUT2D eigenvalue weighted by Crippen LogP contribution is -2.12. The van der Waals surface area contributed by atoms with Gasteiger partial charge in [-0.05, 0) is 42.3 Å². The first-order valence-corrected chi connectivity index (χ1v) is 9.01. The monoisotopic (exact) mass is 340 g/mol. The number of nitrogens with one attached hydrogen (secondary N) is 1. The molecule has 2 N–H and O–H groups in total. The quantitative estimate of drug-likeness (QED) is 0.896. The molecule has 0 unspecified atom stereocenters. The van der Waals surface area contributed by atoms with Crippen LogP contribution in [0.3, 0.4) is 0 Å². The third kappa shape index (κ3) is 2.83. The zero-order valence-corrected chi connectivity index (χ0v) is 13.6. The molecule has 8 heteroatoms. The average molecular weight is 340 g/mol. The van der Waals surface area contributed by atoms with Gasteiger partial charge in [-0.3, -0.25) is 4.79 Å². The first kappa shape index (κ1) is 14.6. The highest BCUT2D eigenvalue weighted by Gasteiger charge is 2.22. The van der Waals surface area contributed by atoms with Crippen LogP contribution in [0, 0.1) is 6.92 Å². The lowest BCUT2D eigenvalue weighted by atomic mass is 10.2. The van der Waals surface area contributed by atoms with E-state index in [1.54, 1.807) is 6.92 Å². The summed E-state index contributed by atoms with van der Waals surface area (Å²) >= 11 is 4.36. The summed E-state index contributed by atoms with van der Waals surface area (Å²) in [5.41, 5.74) is 1.72. The van der Waals surface area contributed by atoms with Crippen LogP contribution in [0.2, 0.25) is 0 Å². The fourth-order valence-corrected chi connectivity index (χ4v) is 5.18. The maximum Gasteiger partial charge on any atom is 0.340 e. The van der Waals surface area contributed by atoms with Crippen molar-refractivity contribution in [1.29, 1.82) is 0 Å². The second kappa shape index (κ2) is 5.78. The molecule has 2 aromatic heterocycles. The molecule has 1 aliphatic heterocycles. The minimum absolute atomic E-state index is 0.0743. The molecule has 0 aliphatic carbocycles. The van der Waals surface area contributed by atoms with Crippen molar-refractivity contribution >= 4 is 51.5 Å². The maximum absolute atomic E-state index is 12.3. The Kier molecular flexibility index (Phi) is 4.01. The molecule has 0 radical (unpaired) electrons. The molecule has 0 bridgehead atoms. The van der Waals surface area contributed by atoms with Gasteiger partial charge in [-0.2, -0.15) is 16.1 Å². The highest BCUT2D eigenvalue weighted by molar-refractivity contribution is 7.98. The summed E-state index contributed by atoms with van der Waals surface area (Å²) < 4.78 is 4.00. The van der Waals surface area contributed by atoms with Crippen LogP contribution < -0.4 is 5.32 Å². The molecule has 0 saturated heterocycles. The number of aryl methyl sites for hydroxylation is 2. The number of amides is 1. The predicted molar refractivity (Wildman–Crippen MR) is 85.9 cm³/mol. The number of hydrogen-bond donors (Lipinski definition) is 2. The van der Waals surface area contributed by atoms with Crippen molar-refractivity contribution in [1.82, 2.24) is 4.37 Å². The van der Waals surface area contributed by atoms with Gasteiger partial charge in [0.05, 0.1) is 10.6 Å². The maximum atomic E-state index is 12.3. The molecule has 21 heavy (non-hydrogen) atoms. The molecule has 0 atom stereocenters. The molecule has 2 aromatic rings. The van der Waals surface area contributed by atoms with E-state index in [4.69, 9.17) is 5.11 Å². The molecule has 0 spiro atoms. The first-order chi connectivity index (χ1) is 10.1. The van der Waals surface area contributed by atoms with Gasteiger partial charge in [-0.1, -0.05) is 0 Å². The summed E-state index contributed by atoms with van der Waals surface area (Å²) in [6, 6.07) is 1.91. The number of carbonyl (C=O) groups excluding carboxylic acids is 1. The average Bonchev–Trinajstić information content (AvgIpc) is 3.02. The molecule has 0 aromatic carbocycles. The summed E-state index contributed by atoms with van der Waals surface area (Å²) in [6.45, 7) is 1.62. The number of aromatic nitrogens is 1. The van der Waals surface area contributed by atoms with Crippen molar-refractivity contribution in [3.05, 3.63) is 32.6 Å².